The summed E-state index contributed by atoms with van der Waals surface area (Å²) in [5.41, 5.74) is 3.44. The Morgan fingerprint density at radius 2 is 1.68 bits per heavy atom. The fourth-order valence-electron chi connectivity index (χ4n) is 3.16. The van der Waals surface area contributed by atoms with Crippen molar-refractivity contribution in [1.29, 1.82) is 0 Å². The lowest BCUT2D eigenvalue weighted by Gasteiger charge is -2.30. The maximum Gasteiger partial charge on any atom is 0.00684 e. The van der Waals surface area contributed by atoms with Gasteiger partial charge in [-0.25, -0.2) is 0 Å². The Bertz CT molecular complexity index is 414. The van der Waals surface area contributed by atoms with E-state index < -0.39 is 0 Å². The Labute approximate surface area is 117 Å². The van der Waals surface area contributed by atoms with E-state index in [2.05, 4.69) is 43.4 Å². The van der Waals surface area contributed by atoms with Gasteiger partial charge in [-0.1, -0.05) is 38.1 Å². The van der Waals surface area contributed by atoms with Crippen LogP contribution in [-0.4, -0.2) is 12.6 Å². The Morgan fingerprint density at radius 1 is 1.05 bits per heavy atom. The highest BCUT2D eigenvalue weighted by Crippen LogP contribution is 2.47. The quantitative estimate of drug-likeness (QED) is 0.779. The molecule has 19 heavy (non-hydrogen) atoms. The van der Waals surface area contributed by atoms with E-state index in [0.717, 1.165) is 18.4 Å². The molecular formula is C18H27N. The van der Waals surface area contributed by atoms with Crippen LogP contribution in [0.5, 0.6) is 0 Å². The molecule has 1 aromatic rings. The van der Waals surface area contributed by atoms with Gasteiger partial charge in [0, 0.05) is 12.6 Å². The second-order valence-corrected chi connectivity index (χ2v) is 6.93. The molecule has 1 unspecified atom stereocenters. The largest absolute Gasteiger partial charge is 0.313 e. The molecule has 0 bridgehead atoms. The summed E-state index contributed by atoms with van der Waals surface area (Å²) in [5, 5.41) is 3.76. The highest BCUT2D eigenvalue weighted by atomic mass is 15.0. The second-order valence-electron chi connectivity index (χ2n) is 6.93. The van der Waals surface area contributed by atoms with Crippen LogP contribution in [0.2, 0.25) is 0 Å². The molecule has 0 saturated heterocycles. The van der Waals surface area contributed by atoms with Gasteiger partial charge in [0.15, 0.2) is 0 Å². The molecule has 2 aliphatic carbocycles. The number of rotatable bonds is 7. The van der Waals surface area contributed by atoms with Gasteiger partial charge in [-0.3, -0.25) is 0 Å². The SMILES string of the molecule is CCc1ccc(CC(C)(CNC2CC2)C2CC2)cc1. The van der Waals surface area contributed by atoms with E-state index in [1.54, 1.807) is 0 Å². The average Bonchev–Trinajstić information content (AvgIpc) is 3.31. The standard InChI is InChI=1S/C18H27N/c1-3-14-4-6-15(7-5-14)12-18(2,16-8-9-16)13-19-17-10-11-17/h4-7,16-17,19H,3,8-13H2,1-2H3. The van der Waals surface area contributed by atoms with Crippen LogP contribution < -0.4 is 5.32 Å². The van der Waals surface area contributed by atoms with E-state index in [0.29, 0.717) is 5.41 Å². The maximum atomic E-state index is 3.76. The lowest BCUT2D eigenvalue weighted by Crippen LogP contribution is -2.36. The summed E-state index contributed by atoms with van der Waals surface area (Å²) >= 11 is 0. The Balaban J connectivity index is 1.64. The van der Waals surface area contributed by atoms with Gasteiger partial charge in [-0.2, -0.15) is 0 Å². The molecule has 2 saturated carbocycles. The Kier molecular flexibility index (Phi) is 3.66. The summed E-state index contributed by atoms with van der Waals surface area (Å²) in [4.78, 5) is 0. The van der Waals surface area contributed by atoms with Crippen molar-refractivity contribution in [3.63, 3.8) is 0 Å². The molecule has 0 aliphatic heterocycles. The normalized spacial score (nSPS) is 22.2. The van der Waals surface area contributed by atoms with Crippen molar-refractivity contribution in [3.05, 3.63) is 35.4 Å². The molecule has 0 heterocycles. The lowest BCUT2D eigenvalue weighted by atomic mass is 9.78. The molecule has 104 valence electrons. The molecule has 0 spiro atoms. The number of benzene rings is 1. The van der Waals surface area contributed by atoms with Crippen LogP contribution >= 0.6 is 0 Å². The van der Waals surface area contributed by atoms with Crippen LogP contribution in [-0.2, 0) is 12.8 Å². The minimum absolute atomic E-state index is 0.469. The van der Waals surface area contributed by atoms with E-state index in [-0.39, 0.29) is 0 Å². The molecule has 1 nitrogen and oxygen atoms in total. The van der Waals surface area contributed by atoms with Crippen molar-refractivity contribution < 1.29 is 0 Å². The van der Waals surface area contributed by atoms with Crippen molar-refractivity contribution in [1.82, 2.24) is 5.32 Å². The first kappa shape index (κ1) is 13.2. The van der Waals surface area contributed by atoms with Crippen LogP contribution in [0.25, 0.3) is 0 Å². The fraction of sp³-hybridized carbons (Fsp3) is 0.667. The third-order valence-electron chi connectivity index (χ3n) is 4.97. The van der Waals surface area contributed by atoms with Crippen molar-refractivity contribution in [2.75, 3.05) is 6.54 Å². The van der Waals surface area contributed by atoms with Crippen LogP contribution in [0.3, 0.4) is 0 Å². The summed E-state index contributed by atoms with van der Waals surface area (Å²) in [5.74, 6) is 0.949. The molecule has 1 aromatic carbocycles. The molecule has 0 amide bonds. The first-order chi connectivity index (χ1) is 9.19. The molecule has 2 fully saturated rings. The molecule has 1 N–H and O–H groups in total. The van der Waals surface area contributed by atoms with E-state index in [1.807, 2.05) is 0 Å². The van der Waals surface area contributed by atoms with E-state index in [1.165, 1.54) is 49.8 Å². The predicted octanol–water partition coefficient (Wildman–Crippen LogP) is 3.96. The predicted molar refractivity (Wildman–Crippen MR) is 81.4 cm³/mol. The maximum absolute atomic E-state index is 3.76. The Morgan fingerprint density at radius 3 is 2.21 bits per heavy atom. The number of hydrogen-bond donors (Lipinski definition) is 1. The average molecular weight is 257 g/mol. The third kappa shape index (κ3) is 3.39. The molecular weight excluding hydrogens is 230 g/mol. The summed E-state index contributed by atoms with van der Waals surface area (Å²) in [6.45, 7) is 5.93. The van der Waals surface area contributed by atoms with E-state index in [9.17, 15) is 0 Å². The summed E-state index contributed by atoms with van der Waals surface area (Å²) < 4.78 is 0. The summed E-state index contributed by atoms with van der Waals surface area (Å²) in [6, 6.07) is 10.1. The van der Waals surface area contributed by atoms with Crippen LogP contribution in [0, 0.1) is 11.3 Å². The van der Waals surface area contributed by atoms with Crippen molar-refractivity contribution in [2.45, 2.75) is 58.4 Å². The van der Waals surface area contributed by atoms with E-state index >= 15 is 0 Å². The first-order valence-corrected chi connectivity index (χ1v) is 8.01. The zero-order valence-electron chi connectivity index (χ0n) is 12.4. The Hall–Kier alpha value is -0.820. The first-order valence-electron chi connectivity index (χ1n) is 8.01. The van der Waals surface area contributed by atoms with Crippen LogP contribution in [0.1, 0.15) is 50.7 Å². The van der Waals surface area contributed by atoms with Crippen LogP contribution in [0.15, 0.2) is 24.3 Å². The fourth-order valence-corrected chi connectivity index (χ4v) is 3.16. The molecule has 3 rings (SSSR count). The number of hydrogen-bond acceptors (Lipinski definition) is 1. The smallest absolute Gasteiger partial charge is 0.00684 e. The summed E-state index contributed by atoms with van der Waals surface area (Å²) in [6.07, 6.45) is 8.05. The molecule has 0 aromatic heterocycles. The monoisotopic (exact) mass is 257 g/mol. The third-order valence-corrected chi connectivity index (χ3v) is 4.97. The minimum atomic E-state index is 0.469. The van der Waals surface area contributed by atoms with Gasteiger partial charge >= 0.3 is 0 Å². The van der Waals surface area contributed by atoms with Gasteiger partial charge < -0.3 is 5.32 Å². The zero-order valence-corrected chi connectivity index (χ0v) is 12.4. The molecule has 2 aliphatic rings. The highest BCUT2D eigenvalue weighted by Gasteiger charge is 2.41. The molecule has 0 radical (unpaired) electrons. The zero-order chi connectivity index (χ0) is 13.3. The lowest BCUT2D eigenvalue weighted by molar-refractivity contribution is 0.255. The topological polar surface area (TPSA) is 12.0 Å². The molecule has 1 heteroatoms. The van der Waals surface area contributed by atoms with Gasteiger partial charge in [0.1, 0.15) is 0 Å². The highest BCUT2D eigenvalue weighted by molar-refractivity contribution is 5.24. The van der Waals surface area contributed by atoms with Gasteiger partial charge in [0.05, 0.1) is 0 Å². The number of nitrogens with one attached hydrogen (secondary N) is 1. The minimum Gasteiger partial charge on any atom is -0.313 e. The summed E-state index contributed by atoms with van der Waals surface area (Å²) in [7, 11) is 0. The van der Waals surface area contributed by atoms with Crippen molar-refractivity contribution in [2.24, 2.45) is 11.3 Å². The second kappa shape index (κ2) is 5.28. The van der Waals surface area contributed by atoms with Gasteiger partial charge in [-0.05, 0) is 61.0 Å². The van der Waals surface area contributed by atoms with Crippen molar-refractivity contribution >= 4 is 0 Å². The van der Waals surface area contributed by atoms with Crippen LogP contribution in [0.4, 0.5) is 0 Å². The van der Waals surface area contributed by atoms with E-state index in [4.69, 9.17) is 0 Å². The van der Waals surface area contributed by atoms with Gasteiger partial charge in [-0.15, -0.1) is 0 Å². The van der Waals surface area contributed by atoms with Gasteiger partial charge in [0.25, 0.3) is 0 Å². The number of aryl methyl sites for hydroxylation is 1. The van der Waals surface area contributed by atoms with Crippen molar-refractivity contribution in [3.8, 4) is 0 Å². The molecule has 1 atom stereocenters. The van der Waals surface area contributed by atoms with Gasteiger partial charge in [0.2, 0.25) is 0 Å².